The lowest BCUT2D eigenvalue weighted by Crippen LogP contribution is -2.37. The van der Waals surface area contributed by atoms with Crippen LogP contribution in [0.15, 0.2) is 37.4 Å². The van der Waals surface area contributed by atoms with Crippen molar-refractivity contribution in [3.63, 3.8) is 0 Å². The van der Waals surface area contributed by atoms with Gasteiger partial charge in [0.1, 0.15) is 0 Å². The fourth-order valence-electron chi connectivity index (χ4n) is 2.09. The minimum Gasteiger partial charge on any atom is -0.348 e. The zero-order chi connectivity index (χ0) is 20.0. The van der Waals surface area contributed by atoms with Crippen molar-refractivity contribution in [2.75, 3.05) is 19.6 Å². The second-order valence-electron chi connectivity index (χ2n) is 5.81. The number of halogens is 3. The van der Waals surface area contributed by atoms with E-state index in [1.165, 1.54) is 12.8 Å². The molecule has 152 valence electrons. The first-order valence-corrected chi connectivity index (χ1v) is 8.90. The van der Waals surface area contributed by atoms with Crippen molar-refractivity contribution in [3.05, 3.63) is 37.4 Å². The zero-order valence-corrected chi connectivity index (χ0v) is 15.5. The molecular formula is C17H27F3N6O. The number of hydrogen-bond acceptors (Lipinski definition) is 4. The van der Waals surface area contributed by atoms with Crippen molar-refractivity contribution in [2.45, 2.75) is 45.5 Å². The molecule has 0 radical (unpaired) electrons. The van der Waals surface area contributed by atoms with Crippen LogP contribution in [0.25, 0.3) is 0 Å². The average Bonchev–Trinajstić information content (AvgIpc) is 3.32. The third-order valence-electron chi connectivity index (χ3n) is 3.45. The molecule has 27 heavy (non-hydrogen) atoms. The van der Waals surface area contributed by atoms with Crippen LogP contribution in [0.2, 0.25) is 0 Å². The summed E-state index contributed by atoms with van der Waals surface area (Å²) in [5, 5.41) is 5.15. The molecule has 10 heteroatoms. The smallest absolute Gasteiger partial charge is 0.348 e. The molecule has 2 rings (SSSR count). The molecule has 0 aromatic carbocycles. The Morgan fingerprint density at radius 2 is 1.52 bits per heavy atom. The summed E-state index contributed by atoms with van der Waals surface area (Å²) in [4.78, 5) is 18.1. The van der Waals surface area contributed by atoms with E-state index in [-0.39, 0.29) is 6.54 Å². The summed E-state index contributed by atoms with van der Waals surface area (Å²) < 4.78 is 39.0. The summed E-state index contributed by atoms with van der Waals surface area (Å²) in [6.07, 6.45) is 8.54. The summed E-state index contributed by atoms with van der Waals surface area (Å²) in [5.74, 6) is -1.90. The Morgan fingerprint density at radius 3 is 1.96 bits per heavy atom. The van der Waals surface area contributed by atoms with E-state index >= 15 is 0 Å². The second kappa shape index (κ2) is 12.9. The van der Waals surface area contributed by atoms with Crippen molar-refractivity contribution in [1.82, 2.24) is 29.7 Å². The van der Waals surface area contributed by atoms with Gasteiger partial charge in [-0.3, -0.25) is 4.79 Å². The minimum absolute atomic E-state index is 0.00345. The fourth-order valence-corrected chi connectivity index (χ4v) is 2.09. The first kappa shape index (κ1) is 22.7. The quantitative estimate of drug-likeness (QED) is 0.612. The normalized spacial score (nSPS) is 11.0. The Morgan fingerprint density at radius 1 is 0.963 bits per heavy atom. The molecule has 2 aromatic heterocycles. The topological polar surface area (TPSA) is 76.8 Å². The van der Waals surface area contributed by atoms with Crippen LogP contribution in [-0.2, 0) is 17.9 Å². The van der Waals surface area contributed by atoms with Gasteiger partial charge in [-0.1, -0.05) is 6.92 Å². The number of amides is 1. The molecule has 0 spiro atoms. The van der Waals surface area contributed by atoms with E-state index in [2.05, 4.69) is 26.8 Å². The highest BCUT2D eigenvalue weighted by molar-refractivity contribution is 5.81. The molecule has 0 unspecified atom stereocenters. The molecule has 0 bridgehead atoms. The third-order valence-corrected chi connectivity index (χ3v) is 3.45. The number of hydrogen-bond donors (Lipinski definition) is 2. The molecule has 2 N–H and O–H groups in total. The molecule has 0 fully saturated rings. The van der Waals surface area contributed by atoms with Crippen LogP contribution >= 0.6 is 0 Å². The lowest BCUT2D eigenvalue weighted by molar-refractivity contribution is -0.173. The highest BCUT2D eigenvalue weighted by atomic mass is 19.4. The maximum Gasteiger partial charge on any atom is 0.471 e. The standard InChI is InChI=1S/C9H17N3.C8H10F3N3O/c1-2-4-10-5-3-7-12-8-6-11-9-12;9-8(10,11)7(15)13-2-1-4-14-5-3-12-6-14/h6,8-10H,2-5,7H2,1H3;3,5-6H,1-2,4H2,(H,13,15). The number of carbonyl (C=O) groups is 1. The van der Waals surface area contributed by atoms with Gasteiger partial charge < -0.3 is 19.8 Å². The predicted octanol–water partition coefficient (Wildman–Crippen LogP) is 2.22. The van der Waals surface area contributed by atoms with Crippen LogP contribution in [0.1, 0.15) is 26.2 Å². The Labute approximate surface area is 157 Å². The van der Waals surface area contributed by atoms with Crippen molar-refractivity contribution < 1.29 is 18.0 Å². The maximum atomic E-state index is 11.7. The highest BCUT2D eigenvalue weighted by Crippen LogP contribution is 2.13. The number of alkyl halides is 3. The molecule has 0 saturated heterocycles. The highest BCUT2D eigenvalue weighted by Gasteiger charge is 2.38. The van der Waals surface area contributed by atoms with Gasteiger partial charge in [0.05, 0.1) is 12.7 Å². The third kappa shape index (κ3) is 11.1. The SMILES string of the molecule is CCCNCCCn1ccnc1.O=C(NCCCn1ccnc1)C(F)(F)F. The van der Waals surface area contributed by atoms with Gasteiger partial charge in [0.15, 0.2) is 0 Å². The molecule has 0 aliphatic heterocycles. The monoisotopic (exact) mass is 388 g/mol. The van der Waals surface area contributed by atoms with Crippen LogP contribution < -0.4 is 10.6 Å². The van der Waals surface area contributed by atoms with Crippen molar-refractivity contribution >= 4 is 5.91 Å². The van der Waals surface area contributed by atoms with Gasteiger partial charge in [-0.05, 0) is 32.4 Å². The zero-order valence-electron chi connectivity index (χ0n) is 15.5. The molecular weight excluding hydrogens is 361 g/mol. The second-order valence-corrected chi connectivity index (χ2v) is 5.81. The maximum absolute atomic E-state index is 11.7. The lowest BCUT2D eigenvalue weighted by atomic mass is 10.4. The molecule has 1 amide bonds. The van der Waals surface area contributed by atoms with Crippen LogP contribution in [0.4, 0.5) is 13.2 Å². The number of carbonyl (C=O) groups excluding carboxylic acids is 1. The summed E-state index contributed by atoms with van der Waals surface area (Å²) in [6.45, 7) is 6.00. The van der Waals surface area contributed by atoms with E-state index in [1.54, 1.807) is 28.6 Å². The Kier molecular flexibility index (Phi) is 10.8. The number of aryl methyl sites for hydroxylation is 2. The van der Waals surface area contributed by atoms with Gasteiger partial charge in [0.2, 0.25) is 0 Å². The van der Waals surface area contributed by atoms with Crippen LogP contribution in [0.5, 0.6) is 0 Å². The van der Waals surface area contributed by atoms with E-state index in [0.717, 1.165) is 19.6 Å². The predicted molar refractivity (Wildman–Crippen MR) is 95.9 cm³/mol. The molecule has 0 atom stereocenters. The molecule has 7 nitrogen and oxygen atoms in total. The van der Waals surface area contributed by atoms with E-state index in [1.807, 2.05) is 18.7 Å². The van der Waals surface area contributed by atoms with Gasteiger partial charge in [-0.25, -0.2) is 9.97 Å². The number of rotatable bonds is 10. The van der Waals surface area contributed by atoms with Gasteiger partial charge >= 0.3 is 12.1 Å². The molecule has 2 aromatic rings. The van der Waals surface area contributed by atoms with Gasteiger partial charge in [-0.15, -0.1) is 0 Å². The lowest BCUT2D eigenvalue weighted by Gasteiger charge is -2.07. The number of imidazole rings is 2. The van der Waals surface area contributed by atoms with Gasteiger partial charge in [0, 0.05) is 44.4 Å². The van der Waals surface area contributed by atoms with E-state index in [4.69, 9.17) is 0 Å². The van der Waals surface area contributed by atoms with Crippen molar-refractivity contribution in [3.8, 4) is 0 Å². The largest absolute Gasteiger partial charge is 0.471 e. The number of nitrogens with zero attached hydrogens (tertiary/aromatic N) is 4. The molecule has 0 aliphatic carbocycles. The van der Waals surface area contributed by atoms with Gasteiger partial charge in [-0.2, -0.15) is 13.2 Å². The van der Waals surface area contributed by atoms with Crippen LogP contribution in [0, 0.1) is 0 Å². The van der Waals surface area contributed by atoms with Crippen molar-refractivity contribution in [1.29, 1.82) is 0 Å². The summed E-state index contributed by atoms with van der Waals surface area (Å²) in [6, 6.07) is 0. The molecule has 0 aliphatic rings. The summed E-state index contributed by atoms with van der Waals surface area (Å²) in [7, 11) is 0. The van der Waals surface area contributed by atoms with Crippen LogP contribution in [0.3, 0.4) is 0 Å². The van der Waals surface area contributed by atoms with Gasteiger partial charge in [0.25, 0.3) is 0 Å². The van der Waals surface area contributed by atoms with E-state index in [0.29, 0.717) is 13.0 Å². The Balaban J connectivity index is 0.000000277. The summed E-state index contributed by atoms with van der Waals surface area (Å²) in [5.41, 5.74) is 0. The van der Waals surface area contributed by atoms with Crippen LogP contribution in [-0.4, -0.2) is 50.8 Å². The molecule has 2 heterocycles. The van der Waals surface area contributed by atoms with Crippen molar-refractivity contribution in [2.24, 2.45) is 0 Å². The fraction of sp³-hybridized carbons (Fsp3) is 0.588. The molecule has 0 saturated carbocycles. The van der Waals surface area contributed by atoms with E-state index < -0.39 is 12.1 Å². The Bertz CT molecular complexity index is 599. The van der Waals surface area contributed by atoms with E-state index in [9.17, 15) is 18.0 Å². The minimum atomic E-state index is -4.80. The number of nitrogens with one attached hydrogen (secondary N) is 2. The first-order valence-electron chi connectivity index (χ1n) is 8.90. The average molecular weight is 388 g/mol. The first-order chi connectivity index (χ1) is 12.9. The Hall–Kier alpha value is -2.36. The summed E-state index contributed by atoms with van der Waals surface area (Å²) >= 11 is 0. The number of aromatic nitrogens is 4.